The summed E-state index contributed by atoms with van der Waals surface area (Å²) < 4.78 is 0. The van der Waals surface area contributed by atoms with E-state index in [0.29, 0.717) is 23.7 Å². The normalized spacial score (nSPS) is 18.6. The van der Waals surface area contributed by atoms with Gasteiger partial charge >= 0.3 is 0 Å². The predicted octanol–water partition coefficient (Wildman–Crippen LogP) is 15.7. The van der Waals surface area contributed by atoms with Gasteiger partial charge in [0.2, 0.25) is 0 Å². The third-order valence-electron chi connectivity index (χ3n) is 13.0. The van der Waals surface area contributed by atoms with Crippen LogP contribution < -0.4 is 9.80 Å². The number of benzene rings is 8. The third-order valence-corrected chi connectivity index (χ3v) is 13.0. The average Bonchev–Trinajstić information content (AvgIpc) is 3.23. The first-order valence-electron chi connectivity index (χ1n) is 21.1. The van der Waals surface area contributed by atoms with Gasteiger partial charge in [0, 0.05) is 34.1 Å². The molecule has 2 fully saturated rings. The van der Waals surface area contributed by atoms with Crippen LogP contribution in [0.3, 0.4) is 0 Å². The van der Waals surface area contributed by atoms with Crippen LogP contribution in [0, 0.1) is 13.8 Å². The molecule has 0 radical (unpaired) electrons. The van der Waals surface area contributed by atoms with Gasteiger partial charge in [-0.25, -0.2) is 0 Å². The topological polar surface area (TPSA) is 6.48 Å². The lowest BCUT2D eigenvalue weighted by atomic mass is 9.68. The summed E-state index contributed by atoms with van der Waals surface area (Å²) in [7, 11) is 0. The second-order valence-electron chi connectivity index (χ2n) is 16.8. The highest BCUT2D eigenvalue weighted by molar-refractivity contribution is 5.93. The van der Waals surface area contributed by atoms with Crippen LogP contribution >= 0.6 is 0 Å². The van der Waals surface area contributed by atoms with E-state index in [-0.39, 0.29) is 0 Å². The predicted molar refractivity (Wildman–Crippen MR) is 245 cm³/mol. The molecule has 2 saturated carbocycles. The van der Waals surface area contributed by atoms with Crippen molar-refractivity contribution in [3.8, 4) is 0 Å². The molecule has 2 heteroatoms. The molecule has 58 heavy (non-hydrogen) atoms. The second-order valence-corrected chi connectivity index (χ2v) is 16.8. The minimum absolute atomic E-state index is 0.619. The summed E-state index contributed by atoms with van der Waals surface area (Å²) in [5.74, 6) is 2.57. The number of hydrogen-bond donors (Lipinski definition) is 0. The Kier molecular flexibility index (Phi) is 9.63. The molecule has 8 aromatic carbocycles. The fourth-order valence-corrected chi connectivity index (χ4v) is 9.34. The molecule has 0 bridgehead atoms. The van der Waals surface area contributed by atoms with Gasteiger partial charge in [-0.05, 0) is 169 Å². The Bertz CT molecular complexity index is 2430. The Morgan fingerprint density at radius 3 is 0.897 bits per heavy atom. The molecule has 0 atom stereocenters. The molecule has 0 amide bonds. The van der Waals surface area contributed by atoms with E-state index in [4.69, 9.17) is 0 Å². The largest absolute Gasteiger partial charge is 0.310 e. The van der Waals surface area contributed by atoms with Crippen LogP contribution in [-0.2, 0) is 0 Å². The third kappa shape index (κ3) is 7.20. The van der Waals surface area contributed by atoms with E-state index >= 15 is 0 Å². The van der Waals surface area contributed by atoms with Crippen molar-refractivity contribution in [3.63, 3.8) is 0 Å². The van der Waals surface area contributed by atoms with Gasteiger partial charge in [0.15, 0.2) is 0 Å². The number of fused-ring (bicyclic) bond motifs is 1. The number of para-hydroxylation sites is 2. The SMILES string of the molecule is Cc1ccc(C2CC(c3ccc(N(c4ccccc4)c4ccc5cc(N(c6ccccc6)c6ccc(C7CC(c8ccc(C)cc8)C7)cc6)ccc5c4)cc3)C2)cc1. The zero-order valence-electron chi connectivity index (χ0n) is 33.5. The van der Waals surface area contributed by atoms with Gasteiger partial charge in [0.25, 0.3) is 0 Å². The highest BCUT2D eigenvalue weighted by atomic mass is 15.1. The summed E-state index contributed by atoms with van der Waals surface area (Å²) in [4.78, 5) is 4.77. The quantitative estimate of drug-likeness (QED) is 0.137. The van der Waals surface area contributed by atoms with Crippen LogP contribution in [0.15, 0.2) is 194 Å². The molecule has 0 N–H and O–H groups in total. The molecule has 0 aromatic heterocycles. The lowest BCUT2D eigenvalue weighted by Crippen LogP contribution is -2.20. The minimum atomic E-state index is 0.619. The van der Waals surface area contributed by atoms with Crippen LogP contribution in [0.4, 0.5) is 34.1 Å². The first-order chi connectivity index (χ1) is 28.5. The molecule has 2 aliphatic carbocycles. The molecule has 0 saturated heterocycles. The highest BCUT2D eigenvalue weighted by Crippen LogP contribution is 2.49. The zero-order chi connectivity index (χ0) is 39.0. The van der Waals surface area contributed by atoms with Crippen LogP contribution in [0.1, 0.15) is 82.7 Å². The van der Waals surface area contributed by atoms with Gasteiger partial charge in [-0.3, -0.25) is 0 Å². The van der Waals surface area contributed by atoms with E-state index in [1.807, 2.05) is 0 Å². The minimum Gasteiger partial charge on any atom is -0.310 e. The summed E-state index contributed by atoms with van der Waals surface area (Å²) in [6.07, 6.45) is 4.89. The Labute approximate surface area is 344 Å². The summed E-state index contributed by atoms with van der Waals surface area (Å²) in [5.41, 5.74) is 15.5. The monoisotopic (exact) mass is 750 g/mol. The molecule has 0 heterocycles. The Morgan fingerprint density at radius 1 is 0.293 bits per heavy atom. The van der Waals surface area contributed by atoms with Gasteiger partial charge in [0.05, 0.1) is 0 Å². The van der Waals surface area contributed by atoms with Gasteiger partial charge in [-0.15, -0.1) is 0 Å². The van der Waals surface area contributed by atoms with Crippen LogP contribution in [-0.4, -0.2) is 0 Å². The molecular weight excluding hydrogens is 701 g/mol. The summed E-state index contributed by atoms with van der Waals surface area (Å²) >= 11 is 0. The molecule has 2 nitrogen and oxygen atoms in total. The van der Waals surface area contributed by atoms with Crippen molar-refractivity contribution < 1.29 is 0 Å². The molecule has 284 valence electrons. The Morgan fingerprint density at radius 2 is 0.569 bits per heavy atom. The molecule has 2 aliphatic rings. The smallest absolute Gasteiger partial charge is 0.0468 e. The maximum atomic E-state index is 2.38. The number of anilines is 6. The van der Waals surface area contributed by atoms with E-state index < -0.39 is 0 Å². The fourth-order valence-electron chi connectivity index (χ4n) is 9.34. The first kappa shape index (κ1) is 36.0. The van der Waals surface area contributed by atoms with Crippen molar-refractivity contribution in [1.82, 2.24) is 0 Å². The van der Waals surface area contributed by atoms with Gasteiger partial charge in [-0.1, -0.05) is 132 Å². The number of hydrogen-bond acceptors (Lipinski definition) is 2. The lowest BCUT2D eigenvalue weighted by Gasteiger charge is -2.36. The fraction of sp³-hybridized carbons (Fsp3) is 0.179. The van der Waals surface area contributed by atoms with Gasteiger partial charge in [0.1, 0.15) is 0 Å². The van der Waals surface area contributed by atoms with Gasteiger partial charge < -0.3 is 9.80 Å². The van der Waals surface area contributed by atoms with Crippen molar-refractivity contribution in [2.24, 2.45) is 0 Å². The van der Waals surface area contributed by atoms with E-state index in [9.17, 15) is 0 Å². The van der Waals surface area contributed by atoms with Crippen LogP contribution in [0.5, 0.6) is 0 Å². The first-order valence-corrected chi connectivity index (χ1v) is 21.1. The highest BCUT2D eigenvalue weighted by Gasteiger charge is 2.32. The van der Waals surface area contributed by atoms with Crippen molar-refractivity contribution >= 4 is 44.9 Å². The van der Waals surface area contributed by atoms with E-state index in [1.54, 1.807) is 0 Å². The number of aryl methyl sites for hydroxylation is 2. The van der Waals surface area contributed by atoms with Crippen LogP contribution in [0.25, 0.3) is 10.8 Å². The lowest BCUT2D eigenvalue weighted by molar-refractivity contribution is 0.351. The maximum absolute atomic E-state index is 2.38. The molecule has 0 unspecified atom stereocenters. The maximum Gasteiger partial charge on any atom is 0.0468 e. The summed E-state index contributed by atoms with van der Waals surface area (Å²) in [6, 6.07) is 72.2. The Balaban J connectivity index is 0.902. The van der Waals surface area contributed by atoms with Crippen molar-refractivity contribution in [1.29, 1.82) is 0 Å². The van der Waals surface area contributed by atoms with Crippen LogP contribution in [0.2, 0.25) is 0 Å². The Hall–Kier alpha value is -6.38. The van der Waals surface area contributed by atoms with Crippen molar-refractivity contribution in [2.75, 3.05) is 9.80 Å². The molecule has 0 aliphatic heterocycles. The average molecular weight is 751 g/mol. The number of nitrogens with zero attached hydrogens (tertiary/aromatic N) is 2. The summed E-state index contributed by atoms with van der Waals surface area (Å²) in [6.45, 7) is 4.33. The molecule has 0 spiro atoms. The molecule has 10 rings (SSSR count). The standard InChI is InChI=1S/C56H50N2/c1-39-13-17-41(18-14-39)47-33-49(34-47)43-21-27-53(28-22-43)57(51-9-5-3-6-10-51)55-31-25-46-38-56(32-26-45(46)37-55)58(52-11-7-4-8-12-52)54-29-23-44(24-30-54)50-35-48(36-50)42-19-15-40(2)16-20-42/h3-32,37-38,47-50H,33-36H2,1-2H3. The van der Waals surface area contributed by atoms with Crippen molar-refractivity contribution in [2.45, 2.75) is 63.2 Å². The van der Waals surface area contributed by atoms with E-state index in [0.717, 1.165) is 22.7 Å². The van der Waals surface area contributed by atoms with Gasteiger partial charge in [-0.2, -0.15) is 0 Å². The van der Waals surface area contributed by atoms with Crippen molar-refractivity contribution in [3.05, 3.63) is 228 Å². The molecular formula is C56H50N2. The van der Waals surface area contributed by atoms with E-state index in [2.05, 4.69) is 218 Å². The van der Waals surface area contributed by atoms with E-state index in [1.165, 1.54) is 81.2 Å². The molecule has 8 aromatic rings. The second kappa shape index (κ2) is 15.5. The zero-order valence-corrected chi connectivity index (χ0v) is 33.5. The summed E-state index contributed by atoms with van der Waals surface area (Å²) in [5, 5.41) is 2.43. The number of rotatable bonds is 10.